The van der Waals surface area contributed by atoms with E-state index in [2.05, 4.69) is 44.3 Å². The predicted octanol–water partition coefficient (Wildman–Crippen LogP) is 4.27. The monoisotopic (exact) mass is 480 g/mol. The zero-order chi connectivity index (χ0) is 26.0. The number of ether oxygens (including phenoxy) is 2. The molecule has 2 aromatic carbocycles. The second kappa shape index (κ2) is 13.6. The van der Waals surface area contributed by atoms with Gasteiger partial charge in [-0.25, -0.2) is 9.59 Å². The van der Waals surface area contributed by atoms with Crippen LogP contribution in [0.1, 0.15) is 55.4 Å². The Kier molecular flexibility index (Phi) is 10.9. The van der Waals surface area contributed by atoms with Gasteiger partial charge in [-0.1, -0.05) is 68.6 Å². The van der Waals surface area contributed by atoms with Crippen LogP contribution < -0.4 is 0 Å². The van der Waals surface area contributed by atoms with E-state index in [9.17, 15) is 19.8 Å². The molecule has 6 nitrogen and oxygen atoms in total. The van der Waals surface area contributed by atoms with Crippen molar-refractivity contribution < 1.29 is 29.3 Å². The lowest BCUT2D eigenvalue weighted by Gasteiger charge is -2.18. The molecule has 0 radical (unpaired) electrons. The van der Waals surface area contributed by atoms with E-state index in [4.69, 9.17) is 9.47 Å². The van der Waals surface area contributed by atoms with Crippen LogP contribution in [-0.4, -0.2) is 47.6 Å². The Hall–Kier alpha value is -3.22. The average molecular weight is 481 g/mol. The Bertz CT molecular complexity index is 925. The van der Waals surface area contributed by atoms with Crippen LogP contribution in [0.3, 0.4) is 0 Å². The highest BCUT2D eigenvalue weighted by Gasteiger charge is 2.15. The van der Waals surface area contributed by atoms with Gasteiger partial charge in [0.15, 0.2) is 0 Å². The summed E-state index contributed by atoms with van der Waals surface area (Å²) < 4.78 is 10.0. The minimum absolute atomic E-state index is 0.0671. The summed E-state index contributed by atoms with van der Waals surface area (Å²) in [4.78, 5) is 22.9. The molecule has 2 atom stereocenters. The van der Waals surface area contributed by atoms with Gasteiger partial charge in [0.2, 0.25) is 0 Å². The molecule has 2 N–H and O–H groups in total. The van der Waals surface area contributed by atoms with Gasteiger partial charge in [0.05, 0.1) is 12.2 Å². The van der Waals surface area contributed by atoms with Crippen LogP contribution in [0.2, 0.25) is 0 Å². The Balaban J connectivity index is 1.94. The third-order valence-corrected chi connectivity index (χ3v) is 5.63. The normalized spacial score (nSPS) is 13.4. The first-order valence-electron chi connectivity index (χ1n) is 11.8. The fraction of sp³-hybridized carbons (Fsp3) is 0.379. The highest BCUT2D eigenvalue weighted by atomic mass is 16.5. The van der Waals surface area contributed by atoms with Crippen LogP contribution in [0.25, 0.3) is 0 Å². The molecule has 2 rings (SSSR count). The maximum Gasteiger partial charge on any atom is 0.333 e. The first kappa shape index (κ1) is 28.0. The van der Waals surface area contributed by atoms with E-state index in [1.54, 1.807) is 13.8 Å². The molecule has 0 aromatic heterocycles. The third kappa shape index (κ3) is 9.15. The predicted molar refractivity (Wildman–Crippen MR) is 136 cm³/mol. The zero-order valence-electron chi connectivity index (χ0n) is 20.8. The molecule has 6 heteroatoms. The van der Waals surface area contributed by atoms with Crippen LogP contribution in [0.15, 0.2) is 72.8 Å². The van der Waals surface area contributed by atoms with Crippen molar-refractivity contribution in [1.82, 2.24) is 0 Å². The quantitative estimate of drug-likeness (QED) is 0.328. The first-order valence-corrected chi connectivity index (χ1v) is 11.8. The molecule has 35 heavy (non-hydrogen) atoms. The SMILES string of the molecule is C=C(C)C(=O)OCC(O)Cc1ccc(C(CC)c2ccc(CC(O)COC(=O)C(=C)C)cc2)cc1. The van der Waals surface area contributed by atoms with Gasteiger partial charge in [-0.05, 0) is 42.5 Å². The summed E-state index contributed by atoms with van der Waals surface area (Å²) in [6, 6.07) is 16.2. The number of rotatable bonds is 13. The van der Waals surface area contributed by atoms with Gasteiger partial charge in [0.1, 0.15) is 13.2 Å². The largest absolute Gasteiger partial charge is 0.460 e. The van der Waals surface area contributed by atoms with E-state index < -0.39 is 24.1 Å². The molecule has 0 fully saturated rings. The van der Waals surface area contributed by atoms with Crippen LogP contribution >= 0.6 is 0 Å². The van der Waals surface area contributed by atoms with Gasteiger partial charge in [0, 0.05) is 29.9 Å². The fourth-order valence-corrected chi connectivity index (χ4v) is 3.69. The van der Waals surface area contributed by atoms with E-state index in [-0.39, 0.29) is 19.1 Å². The van der Waals surface area contributed by atoms with E-state index >= 15 is 0 Å². The molecule has 188 valence electrons. The lowest BCUT2D eigenvalue weighted by atomic mass is 9.87. The van der Waals surface area contributed by atoms with Gasteiger partial charge in [0.25, 0.3) is 0 Å². The molecule has 0 aliphatic heterocycles. The first-order chi connectivity index (χ1) is 16.6. The second-order valence-corrected chi connectivity index (χ2v) is 8.92. The Morgan fingerprint density at radius 3 is 1.37 bits per heavy atom. The minimum atomic E-state index is -0.779. The Labute approximate surface area is 207 Å². The maximum atomic E-state index is 11.5. The minimum Gasteiger partial charge on any atom is -0.460 e. The van der Waals surface area contributed by atoms with Crippen molar-refractivity contribution in [3.05, 3.63) is 95.1 Å². The van der Waals surface area contributed by atoms with Crippen molar-refractivity contribution in [2.24, 2.45) is 0 Å². The summed E-state index contributed by atoms with van der Waals surface area (Å²) in [5.41, 5.74) is 4.86. The molecule has 0 saturated carbocycles. The number of aliphatic hydroxyl groups is 2. The fourth-order valence-electron chi connectivity index (χ4n) is 3.69. The zero-order valence-corrected chi connectivity index (χ0v) is 20.8. The average Bonchev–Trinajstić information content (AvgIpc) is 2.83. The highest BCUT2D eigenvalue weighted by molar-refractivity contribution is 5.87. The van der Waals surface area contributed by atoms with Crippen molar-refractivity contribution in [2.45, 2.75) is 58.2 Å². The van der Waals surface area contributed by atoms with E-state index in [1.807, 2.05) is 24.3 Å². The van der Waals surface area contributed by atoms with E-state index in [0.29, 0.717) is 24.0 Å². The summed E-state index contributed by atoms with van der Waals surface area (Å²) in [7, 11) is 0. The van der Waals surface area contributed by atoms with Gasteiger partial charge >= 0.3 is 11.9 Å². The van der Waals surface area contributed by atoms with Gasteiger partial charge in [-0.2, -0.15) is 0 Å². The summed E-state index contributed by atoms with van der Waals surface area (Å²) >= 11 is 0. The molecule has 0 amide bonds. The molecule has 0 heterocycles. The van der Waals surface area contributed by atoms with Gasteiger partial charge in [-0.3, -0.25) is 0 Å². The third-order valence-electron chi connectivity index (χ3n) is 5.63. The summed E-state index contributed by atoms with van der Waals surface area (Å²) in [5, 5.41) is 20.3. The second-order valence-electron chi connectivity index (χ2n) is 8.92. The standard InChI is InChI=1S/C29H36O6/c1-6-27(23-11-7-21(8-12-23)15-25(30)17-34-28(32)19(2)3)24-13-9-22(10-14-24)16-26(31)18-35-29(33)20(4)5/h7-14,25-27,30-31H,2,4,6,15-18H2,1,3,5H3. The summed E-state index contributed by atoms with van der Waals surface area (Å²) in [6.07, 6.45) is 0.132. The van der Waals surface area contributed by atoms with E-state index in [1.165, 1.54) is 11.1 Å². The maximum absolute atomic E-state index is 11.5. The topological polar surface area (TPSA) is 93.1 Å². The Morgan fingerprint density at radius 1 is 0.743 bits per heavy atom. The van der Waals surface area contributed by atoms with Crippen molar-refractivity contribution in [3.63, 3.8) is 0 Å². The number of hydrogen-bond acceptors (Lipinski definition) is 6. The van der Waals surface area contributed by atoms with Crippen molar-refractivity contribution in [1.29, 1.82) is 0 Å². The molecule has 0 aliphatic carbocycles. The van der Waals surface area contributed by atoms with Crippen molar-refractivity contribution in [3.8, 4) is 0 Å². The van der Waals surface area contributed by atoms with Crippen molar-refractivity contribution >= 4 is 11.9 Å². The van der Waals surface area contributed by atoms with Crippen LogP contribution in [0.4, 0.5) is 0 Å². The lowest BCUT2D eigenvalue weighted by molar-refractivity contribution is -0.142. The number of carbonyl (C=O) groups excluding carboxylic acids is 2. The molecular weight excluding hydrogens is 444 g/mol. The highest BCUT2D eigenvalue weighted by Crippen LogP contribution is 2.28. The Morgan fingerprint density at radius 2 is 1.09 bits per heavy atom. The summed E-state index contributed by atoms with van der Waals surface area (Å²) in [5.74, 6) is -0.796. The molecule has 0 saturated heterocycles. The number of esters is 2. The lowest BCUT2D eigenvalue weighted by Crippen LogP contribution is -2.21. The molecular formula is C29H36O6. The number of benzene rings is 2. The number of aliphatic hydroxyl groups excluding tert-OH is 2. The number of hydrogen-bond donors (Lipinski definition) is 2. The smallest absolute Gasteiger partial charge is 0.333 e. The van der Waals surface area contributed by atoms with Crippen LogP contribution in [0.5, 0.6) is 0 Å². The molecule has 2 aromatic rings. The van der Waals surface area contributed by atoms with Crippen molar-refractivity contribution in [2.75, 3.05) is 13.2 Å². The van der Waals surface area contributed by atoms with Crippen LogP contribution in [0, 0.1) is 0 Å². The van der Waals surface area contributed by atoms with Crippen LogP contribution in [-0.2, 0) is 31.9 Å². The van der Waals surface area contributed by atoms with Gasteiger partial charge < -0.3 is 19.7 Å². The molecule has 2 unspecified atom stereocenters. The molecule has 0 aliphatic rings. The van der Waals surface area contributed by atoms with Gasteiger partial charge in [-0.15, -0.1) is 0 Å². The van der Waals surface area contributed by atoms with E-state index in [0.717, 1.165) is 17.5 Å². The number of carbonyl (C=O) groups is 2. The molecule has 0 spiro atoms. The summed E-state index contributed by atoms with van der Waals surface area (Å²) in [6.45, 7) is 12.2. The molecule has 0 bridgehead atoms.